The topological polar surface area (TPSA) is 57.7 Å². The van der Waals surface area contributed by atoms with Gasteiger partial charge in [0.2, 0.25) is 5.91 Å². The normalized spacial score (nSPS) is 14.9. The molecule has 126 valence electrons. The summed E-state index contributed by atoms with van der Waals surface area (Å²) in [6.45, 7) is 0.630. The van der Waals surface area contributed by atoms with Crippen LogP contribution in [0.25, 0.3) is 0 Å². The fourth-order valence-corrected chi connectivity index (χ4v) is 4.42. The van der Waals surface area contributed by atoms with Crippen LogP contribution < -0.4 is 9.21 Å². The fourth-order valence-electron chi connectivity index (χ4n) is 2.71. The Bertz CT molecular complexity index is 869. The van der Waals surface area contributed by atoms with Gasteiger partial charge in [0, 0.05) is 25.7 Å². The average Bonchev–Trinajstić information content (AvgIpc) is 3.00. The van der Waals surface area contributed by atoms with Crippen molar-refractivity contribution in [1.29, 1.82) is 0 Å². The van der Waals surface area contributed by atoms with Crippen LogP contribution >= 0.6 is 11.6 Å². The van der Waals surface area contributed by atoms with Gasteiger partial charge in [0.1, 0.15) is 4.90 Å². The van der Waals surface area contributed by atoms with Gasteiger partial charge in [0.05, 0.1) is 10.7 Å². The number of benzene rings is 2. The van der Waals surface area contributed by atoms with E-state index in [-0.39, 0.29) is 15.8 Å². The lowest BCUT2D eigenvalue weighted by Gasteiger charge is -2.21. The van der Waals surface area contributed by atoms with E-state index < -0.39 is 10.0 Å². The third-order valence-electron chi connectivity index (χ3n) is 4.06. The molecule has 0 saturated carbocycles. The maximum Gasteiger partial charge on any atom is 0.265 e. The molecule has 1 aliphatic rings. The molecule has 2 aromatic rings. The molecule has 0 aromatic heterocycles. The third-order valence-corrected chi connectivity index (χ3v) is 6.33. The zero-order valence-electron chi connectivity index (χ0n) is 13.1. The number of carbonyl (C=O) groups is 1. The SMILES string of the molecule is CN(c1ccccc1)S(=O)(=O)c1ccc(N2CCCC2=O)cc1Cl. The minimum Gasteiger partial charge on any atom is -0.312 e. The maximum atomic E-state index is 12.8. The van der Waals surface area contributed by atoms with Crippen molar-refractivity contribution in [1.82, 2.24) is 0 Å². The van der Waals surface area contributed by atoms with Crippen molar-refractivity contribution in [2.75, 3.05) is 22.8 Å². The second-order valence-electron chi connectivity index (χ2n) is 5.57. The Balaban J connectivity index is 1.95. The number of rotatable bonds is 4. The van der Waals surface area contributed by atoms with Gasteiger partial charge in [-0.3, -0.25) is 9.10 Å². The molecule has 1 amide bonds. The van der Waals surface area contributed by atoms with Crippen LogP contribution in [-0.2, 0) is 14.8 Å². The molecule has 1 aliphatic heterocycles. The highest BCUT2D eigenvalue weighted by Crippen LogP contribution is 2.32. The van der Waals surface area contributed by atoms with Gasteiger partial charge in [-0.05, 0) is 36.8 Å². The molecule has 7 heteroatoms. The smallest absolute Gasteiger partial charge is 0.265 e. The Morgan fingerprint density at radius 2 is 1.83 bits per heavy atom. The van der Waals surface area contributed by atoms with Gasteiger partial charge >= 0.3 is 0 Å². The Morgan fingerprint density at radius 3 is 2.42 bits per heavy atom. The first-order valence-electron chi connectivity index (χ1n) is 7.55. The summed E-state index contributed by atoms with van der Waals surface area (Å²) in [4.78, 5) is 13.5. The molecule has 1 heterocycles. The maximum absolute atomic E-state index is 12.8. The predicted molar refractivity (Wildman–Crippen MR) is 95.1 cm³/mol. The Morgan fingerprint density at radius 1 is 1.12 bits per heavy atom. The van der Waals surface area contributed by atoms with E-state index in [0.29, 0.717) is 24.3 Å². The van der Waals surface area contributed by atoms with E-state index in [2.05, 4.69) is 0 Å². The number of hydrogen-bond donors (Lipinski definition) is 0. The van der Waals surface area contributed by atoms with Crippen LogP contribution in [0.2, 0.25) is 5.02 Å². The van der Waals surface area contributed by atoms with Crippen molar-refractivity contribution in [3.8, 4) is 0 Å². The summed E-state index contributed by atoms with van der Waals surface area (Å²) < 4.78 is 26.8. The van der Waals surface area contributed by atoms with E-state index >= 15 is 0 Å². The molecule has 0 unspecified atom stereocenters. The molecule has 0 spiro atoms. The highest BCUT2D eigenvalue weighted by molar-refractivity contribution is 7.93. The second-order valence-corrected chi connectivity index (χ2v) is 7.92. The zero-order valence-corrected chi connectivity index (χ0v) is 14.7. The first-order valence-corrected chi connectivity index (χ1v) is 9.37. The van der Waals surface area contributed by atoms with Gasteiger partial charge in [-0.2, -0.15) is 0 Å². The van der Waals surface area contributed by atoms with E-state index in [4.69, 9.17) is 11.6 Å². The highest BCUT2D eigenvalue weighted by Gasteiger charge is 2.27. The second kappa shape index (κ2) is 6.45. The first kappa shape index (κ1) is 16.8. The Kier molecular flexibility index (Phi) is 4.51. The average molecular weight is 365 g/mol. The molecule has 0 bridgehead atoms. The number of halogens is 1. The van der Waals surface area contributed by atoms with Gasteiger partial charge in [-0.15, -0.1) is 0 Å². The number of carbonyl (C=O) groups excluding carboxylic acids is 1. The first-order chi connectivity index (χ1) is 11.4. The van der Waals surface area contributed by atoms with Crippen LogP contribution in [0.3, 0.4) is 0 Å². The number of nitrogens with zero attached hydrogens (tertiary/aromatic N) is 2. The highest BCUT2D eigenvalue weighted by atomic mass is 35.5. The molecule has 0 aliphatic carbocycles. The quantitative estimate of drug-likeness (QED) is 0.836. The number of para-hydroxylation sites is 1. The monoisotopic (exact) mass is 364 g/mol. The van der Waals surface area contributed by atoms with Gasteiger partial charge in [0.25, 0.3) is 10.0 Å². The van der Waals surface area contributed by atoms with E-state index in [9.17, 15) is 13.2 Å². The standard InChI is InChI=1S/C17H17ClN2O3S/c1-19(13-6-3-2-4-7-13)24(22,23)16-10-9-14(12-15(16)18)20-11-5-8-17(20)21/h2-4,6-7,9-10,12H,5,8,11H2,1H3. The molecule has 0 atom stereocenters. The number of sulfonamides is 1. The zero-order chi connectivity index (χ0) is 17.3. The molecule has 2 aromatic carbocycles. The van der Waals surface area contributed by atoms with Crippen molar-refractivity contribution in [2.45, 2.75) is 17.7 Å². The fraction of sp³-hybridized carbons (Fsp3) is 0.235. The van der Waals surface area contributed by atoms with E-state index in [0.717, 1.165) is 6.42 Å². The van der Waals surface area contributed by atoms with Crippen LogP contribution in [0.1, 0.15) is 12.8 Å². The summed E-state index contributed by atoms with van der Waals surface area (Å²) in [6, 6.07) is 13.4. The van der Waals surface area contributed by atoms with Gasteiger partial charge in [0.15, 0.2) is 0 Å². The molecular weight excluding hydrogens is 348 g/mol. The summed E-state index contributed by atoms with van der Waals surface area (Å²) in [5.74, 6) is 0.0306. The molecule has 0 radical (unpaired) electrons. The molecule has 5 nitrogen and oxygen atoms in total. The molecule has 0 N–H and O–H groups in total. The molecule has 3 rings (SSSR count). The van der Waals surface area contributed by atoms with E-state index in [1.807, 2.05) is 6.07 Å². The Labute approximate surface area is 146 Å². The number of amides is 1. The molecule has 1 fully saturated rings. The largest absolute Gasteiger partial charge is 0.312 e. The summed E-state index contributed by atoms with van der Waals surface area (Å²) in [5.41, 5.74) is 1.18. The van der Waals surface area contributed by atoms with Gasteiger partial charge in [-0.1, -0.05) is 29.8 Å². The van der Waals surface area contributed by atoms with Crippen LogP contribution in [0.4, 0.5) is 11.4 Å². The molecule has 1 saturated heterocycles. The molecular formula is C17H17ClN2O3S. The Hall–Kier alpha value is -2.05. The lowest BCUT2D eigenvalue weighted by molar-refractivity contribution is -0.117. The third kappa shape index (κ3) is 2.99. The minimum absolute atomic E-state index is 0.0194. The molecule has 24 heavy (non-hydrogen) atoms. The lowest BCUT2D eigenvalue weighted by Crippen LogP contribution is -2.27. The van der Waals surface area contributed by atoms with Crippen molar-refractivity contribution < 1.29 is 13.2 Å². The number of hydrogen-bond acceptors (Lipinski definition) is 3. The van der Waals surface area contributed by atoms with Crippen molar-refractivity contribution in [3.05, 3.63) is 53.6 Å². The van der Waals surface area contributed by atoms with E-state index in [1.54, 1.807) is 35.2 Å². The summed E-state index contributed by atoms with van der Waals surface area (Å²) in [6.07, 6.45) is 1.31. The van der Waals surface area contributed by atoms with Gasteiger partial charge in [-0.25, -0.2) is 8.42 Å². The van der Waals surface area contributed by atoms with Gasteiger partial charge < -0.3 is 4.90 Å². The summed E-state index contributed by atoms with van der Waals surface area (Å²) >= 11 is 6.23. The van der Waals surface area contributed by atoms with E-state index in [1.165, 1.54) is 23.5 Å². The van der Waals surface area contributed by atoms with Crippen molar-refractivity contribution in [3.63, 3.8) is 0 Å². The van der Waals surface area contributed by atoms with Crippen LogP contribution in [-0.4, -0.2) is 27.9 Å². The van der Waals surface area contributed by atoms with Crippen LogP contribution in [0.15, 0.2) is 53.4 Å². The summed E-state index contributed by atoms with van der Waals surface area (Å²) in [7, 11) is -2.29. The van der Waals surface area contributed by atoms with Crippen LogP contribution in [0.5, 0.6) is 0 Å². The minimum atomic E-state index is -3.78. The van der Waals surface area contributed by atoms with Crippen molar-refractivity contribution in [2.24, 2.45) is 0 Å². The van der Waals surface area contributed by atoms with Crippen molar-refractivity contribution >= 4 is 38.9 Å². The lowest BCUT2D eigenvalue weighted by atomic mass is 10.3. The number of anilines is 2. The predicted octanol–water partition coefficient (Wildman–Crippen LogP) is 3.29. The summed E-state index contributed by atoms with van der Waals surface area (Å²) in [5, 5.41) is 0.106. The van der Waals surface area contributed by atoms with Crippen LogP contribution in [0, 0.1) is 0 Å².